The maximum atomic E-state index is 12.8. The smallest absolute Gasteiger partial charge is 0.243 e. The molecule has 1 amide bonds. The van der Waals surface area contributed by atoms with Crippen LogP contribution in [0.25, 0.3) is 11.0 Å². The molecule has 3 rings (SSSR count). The number of rotatable bonds is 8. The lowest BCUT2D eigenvalue weighted by Gasteiger charge is -2.19. The first-order valence-corrected chi connectivity index (χ1v) is 11.6. The van der Waals surface area contributed by atoms with E-state index in [0.717, 1.165) is 20.8 Å². The minimum atomic E-state index is -3.77. The molecule has 1 unspecified atom stereocenters. The molecule has 31 heavy (non-hydrogen) atoms. The van der Waals surface area contributed by atoms with Crippen molar-refractivity contribution in [2.24, 2.45) is 0 Å². The fraction of sp³-hybridized carbons (Fsp3) is 0.348. The Bertz CT molecular complexity index is 1200. The van der Waals surface area contributed by atoms with Gasteiger partial charge in [-0.2, -0.15) is 4.31 Å². The van der Waals surface area contributed by atoms with Gasteiger partial charge in [0, 0.05) is 12.4 Å². The molecule has 166 valence electrons. The highest BCUT2D eigenvalue weighted by molar-refractivity contribution is 7.89. The zero-order valence-corrected chi connectivity index (χ0v) is 19.2. The summed E-state index contributed by atoms with van der Waals surface area (Å²) >= 11 is 0. The molecule has 1 atom stereocenters. The van der Waals surface area contributed by atoms with Gasteiger partial charge in [-0.1, -0.05) is 18.2 Å². The van der Waals surface area contributed by atoms with Gasteiger partial charge in [0.15, 0.2) is 11.3 Å². The van der Waals surface area contributed by atoms with Crippen LogP contribution in [0.2, 0.25) is 0 Å². The number of fused-ring (bicyclic) bond motifs is 1. The van der Waals surface area contributed by atoms with Gasteiger partial charge in [-0.05, 0) is 63.1 Å². The van der Waals surface area contributed by atoms with E-state index >= 15 is 0 Å². The third-order valence-corrected chi connectivity index (χ3v) is 6.98. The van der Waals surface area contributed by atoms with E-state index in [0.29, 0.717) is 23.7 Å². The average molecular weight is 445 g/mol. The van der Waals surface area contributed by atoms with E-state index in [1.54, 1.807) is 25.1 Å². The van der Waals surface area contributed by atoms with Gasteiger partial charge in [-0.3, -0.25) is 4.79 Å². The molecule has 0 fully saturated rings. The molecule has 0 aliphatic heterocycles. The lowest BCUT2D eigenvalue weighted by Crippen LogP contribution is -2.39. The number of aryl methyl sites for hydroxylation is 2. The number of benzene rings is 2. The number of hydrogen-bond donors (Lipinski definition) is 1. The molecule has 8 heteroatoms. The number of nitrogens with one attached hydrogen (secondary N) is 1. The standard InChI is InChI=1S/C23H28N2O5S/c1-6-29-20-9-7-8-18-13-21(30-23(18)20)17(4)24-22(26)14-25(5)31(27,28)19-11-10-15(2)16(3)12-19/h7-13,17H,6,14H2,1-5H3,(H,24,26). The second-order valence-electron chi connectivity index (χ2n) is 7.55. The predicted molar refractivity (Wildman–Crippen MR) is 120 cm³/mol. The first-order valence-electron chi connectivity index (χ1n) is 10.1. The van der Waals surface area contributed by atoms with Crippen LogP contribution in [0, 0.1) is 13.8 Å². The Kier molecular flexibility index (Phi) is 6.71. The number of ether oxygens (including phenoxy) is 1. The number of para-hydroxylation sites is 1. The van der Waals surface area contributed by atoms with E-state index < -0.39 is 22.0 Å². The number of nitrogens with zero attached hydrogens (tertiary/aromatic N) is 1. The summed E-state index contributed by atoms with van der Waals surface area (Å²) in [5, 5.41) is 3.68. The molecule has 0 spiro atoms. The highest BCUT2D eigenvalue weighted by Gasteiger charge is 2.24. The topological polar surface area (TPSA) is 88.9 Å². The van der Waals surface area contributed by atoms with Gasteiger partial charge in [0.25, 0.3) is 0 Å². The Morgan fingerprint density at radius 3 is 2.58 bits per heavy atom. The Morgan fingerprint density at radius 2 is 1.90 bits per heavy atom. The van der Waals surface area contributed by atoms with Crippen molar-refractivity contribution in [1.82, 2.24) is 9.62 Å². The predicted octanol–water partition coefficient (Wildman–Crippen LogP) is 3.95. The van der Waals surface area contributed by atoms with Gasteiger partial charge >= 0.3 is 0 Å². The molecule has 2 aromatic carbocycles. The lowest BCUT2D eigenvalue weighted by atomic mass is 10.1. The fourth-order valence-electron chi connectivity index (χ4n) is 3.24. The maximum Gasteiger partial charge on any atom is 0.243 e. The molecular weight excluding hydrogens is 416 g/mol. The molecule has 0 saturated heterocycles. The Balaban J connectivity index is 1.70. The van der Waals surface area contributed by atoms with Crippen LogP contribution in [-0.4, -0.2) is 38.8 Å². The van der Waals surface area contributed by atoms with Crippen LogP contribution in [0.4, 0.5) is 0 Å². The highest BCUT2D eigenvalue weighted by atomic mass is 32.2. The van der Waals surface area contributed by atoms with E-state index in [-0.39, 0.29) is 11.4 Å². The normalized spacial score (nSPS) is 12.8. The van der Waals surface area contributed by atoms with E-state index in [4.69, 9.17) is 9.15 Å². The van der Waals surface area contributed by atoms with Gasteiger partial charge in [-0.25, -0.2) is 8.42 Å². The number of hydrogen-bond acceptors (Lipinski definition) is 5. The summed E-state index contributed by atoms with van der Waals surface area (Å²) in [5.41, 5.74) is 2.50. The monoisotopic (exact) mass is 444 g/mol. The van der Waals surface area contributed by atoms with Crippen molar-refractivity contribution in [1.29, 1.82) is 0 Å². The third-order valence-electron chi connectivity index (χ3n) is 5.18. The van der Waals surface area contributed by atoms with Crippen molar-refractivity contribution in [3.63, 3.8) is 0 Å². The van der Waals surface area contributed by atoms with Crippen LogP contribution < -0.4 is 10.1 Å². The second-order valence-corrected chi connectivity index (χ2v) is 9.60. The highest BCUT2D eigenvalue weighted by Crippen LogP contribution is 2.31. The van der Waals surface area contributed by atoms with Crippen molar-refractivity contribution in [3.05, 3.63) is 59.4 Å². The van der Waals surface area contributed by atoms with E-state index in [2.05, 4.69) is 5.32 Å². The second kappa shape index (κ2) is 9.11. The number of carbonyl (C=O) groups excluding carboxylic acids is 1. The largest absolute Gasteiger partial charge is 0.490 e. The number of carbonyl (C=O) groups is 1. The quantitative estimate of drug-likeness (QED) is 0.568. The molecule has 1 aromatic heterocycles. The van der Waals surface area contributed by atoms with E-state index in [1.165, 1.54) is 7.05 Å². The van der Waals surface area contributed by atoms with Gasteiger partial charge < -0.3 is 14.5 Å². The molecule has 0 aliphatic rings. The Morgan fingerprint density at radius 1 is 1.16 bits per heavy atom. The van der Waals surface area contributed by atoms with E-state index in [1.807, 2.05) is 45.0 Å². The minimum Gasteiger partial charge on any atom is -0.490 e. The van der Waals surface area contributed by atoms with Gasteiger partial charge in [-0.15, -0.1) is 0 Å². The zero-order valence-electron chi connectivity index (χ0n) is 18.4. The molecule has 1 N–H and O–H groups in total. The molecule has 0 saturated carbocycles. The summed E-state index contributed by atoms with van der Waals surface area (Å²) in [7, 11) is -2.38. The molecule has 7 nitrogen and oxygen atoms in total. The minimum absolute atomic E-state index is 0.166. The van der Waals surface area contributed by atoms with Crippen LogP contribution in [0.3, 0.4) is 0 Å². The van der Waals surface area contributed by atoms with Crippen LogP contribution in [0.15, 0.2) is 51.8 Å². The average Bonchev–Trinajstić information content (AvgIpc) is 3.15. The van der Waals surface area contributed by atoms with Crippen LogP contribution >= 0.6 is 0 Å². The molecule has 3 aromatic rings. The van der Waals surface area contributed by atoms with Crippen molar-refractivity contribution in [2.45, 2.75) is 38.6 Å². The maximum absolute atomic E-state index is 12.8. The van der Waals surface area contributed by atoms with Crippen LogP contribution in [-0.2, 0) is 14.8 Å². The zero-order chi connectivity index (χ0) is 22.8. The number of amides is 1. The SMILES string of the molecule is CCOc1cccc2cc(C(C)NC(=O)CN(C)S(=O)(=O)c3ccc(C)c(C)c3)oc12. The first kappa shape index (κ1) is 22.8. The third kappa shape index (κ3) is 4.91. The number of likely N-dealkylation sites (N-methyl/N-ethyl adjacent to an activating group) is 1. The van der Waals surface area contributed by atoms with Crippen LogP contribution in [0.1, 0.15) is 36.8 Å². The molecule has 0 aliphatic carbocycles. The lowest BCUT2D eigenvalue weighted by molar-refractivity contribution is -0.121. The van der Waals surface area contributed by atoms with Crippen LogP contribution in [0.5, 0.6) is 5.75 Å². The first-order chi connectivity index (χ1) is 14.6. The summed E-state index contributed by atoms with van der Waals surface area (Å²) in [4.78, 5) is 12.7. The molecule has 1 heterocycles. The van der Waals surface area contributed by atoms with Crippen molar-refractivity contribution in [3.8, 4) is 5.75 Å². The van der Waals surface area contributed by atoms with E-state index in [9.17, 15) is 13.2 Å². The van der Waals surface area contributed by atoms with Crippen molar-refractivity contribution >= 4 is 26.9 Å². The Labute approximate surface area is 183 Å². The molecule has 0 bridgehead atoms. The summed E-state index contributed by atoms with van der Waals surface area (Å²) in [6, 6.07) is 12.0. The van der Waals surface area contributed by atoms with Crippen molar-refractivity contribution in [2.75, 3.05) is 20.2 Å². The summed E-state index contributed by atoms with van der Waals surface area (Å²) < 4.78 is 38.2. The van der Waals surface area contributed by atoms with Gasteiger partial charge in [0.1, 0.15) is 5.76 Å². The van der Waals surface area contributed by atoms with Gasteiger partial charge in [0.2, 0.25) is 15.9 Å². The molecular formula is C23H28N2O5S. The number of sulfonamides is 1. The Hall–Kier alpha value is -2.84. The number of furan rings is 1. The summed E-state index contributed by atoms with van der Waals surface area (Å²) in [6.07, 6.45) is 0. The van der Waals surface area contributed by atoms with Crippen molar-refractivity contribution < 1.29 is 22.4 Å². The molecule has 0 radical (unpaired) electrons. The fourth-order valence-corrected chi connectivity index (χ4v) is 4.45. The summed E-state index contributed by atoms with van der Waals surface area (Å²) in [6.45, 7) is 7.67. The van der Waals surface area contributed by atoms with Gasteiger partial charge in [0.05, 0.1) is 24.1 Å². The summed E-state index contributed by atoms with van der Waals surface area (Å²) in [5.74, 6) is 0.784.